The normalized spacial score (nSPS) is 14.4. The van der Waals surface area contributed by atoms with Crippen LogP contribution in [0.15, 0.2) is 52.1 Å². The molecular weight excluding hydrogens is 402 g/mol. The molecule has 0 radical (unpaired) electrons. The molecule has 0 aliphatic carbocycles. The van der Waals surface area contributed by atoms with Gasteiger partial charge < -0.3 is 15.2 Å². The first-order chi connectivity index (χ1) is 15.0. The number of nitrogens with zero attached hydrogens (tertiary/aromatic N) is 6. The molecule has 12 nitrogen and oxygen atoms in total. The Bertz CT molecular complexity index is 1160. The number of phenols is 1. The van der Waals surface area contributed by atoms with E-state index in [0.29, 0.717) is 23.4 Å². The van der Waals surface area contributed by atoms with Crippen molar-refractivity contribution in [1.29, 1.82) is 10.8 Å². The van der Waals surface area contributed by atoms with Gasteiger partial charge in [0.2, 0.25) is 5.88 Å². The van der Waals surface area contributed by atoms with Crippen LogP contribution < -0.4 is 15.5 Å². The Hall–Kier alpha value is -4.62. The summed E-state index contributed by atoms with van der Waals surface area (Å²) < 4.78 is 5.66. The van der Waals surface area contributed by atoms with E-state index in [2.05, 4.69) is 31.0 Å². The van der Waals surface area contributed by atoms with E-state index < -0.39 is 11.8 Å². The van der Waals surface area contributed by atoms with Crippen LogP contribution in [0, 0.1) is 16.9 Å². The number of ether oxygens (including phenoxy) is 1. The number of nitriles is 1. The second-order valence-electron chi connectivity index (χ2n) is 6.29. The minimum absolute atomic E-state index is 0.0601. The molecule has 0 bridgehead atoms. The van der Waals surface area contributed by atoms with Gasteiger partial charge in [0, 0.05) is 28.1 Å². The Balaban J connectivity index is 2.35. The molecule has 1 amide bonds. The topological polar surface area (TPSA) is 192 Å². The molecule has 12 heteroatoms. The fraction of sp³-hybridized carbons (Fsp3) is 0.211. The largest absolute Gasteiger partial charge is 0.508 e. The highest BCUT2D eigenvalue weighted by Crippen LogP contribution is 2.47. The molecule has 1 aliphatic heterocycles. The molecule has 1 atom stereocenters. The molecule has 1 aliphatic rings. The van der Waals surface area contributed by atoms with Gasteiger partial charge in [-0.2, -0.15) is 10.8 Å². The second-order valence-corrected chi connectivity index (χ2v) is 6.29. The number of nitrogens with one attached hydrogen (secondary N) is 3. The third-order valence-corrected chi connectivity index (χ3v) is 4.59. The van der Waals surface area contributed by atoms with Gasteiger partial charge in [-0.1, -0.05) is 16.4 Å². The van der Waals surface area contributed by atoms with E-state index in [9.17, 15) is 9.90 Å². The summed E-state index contributed by atoms with van der Waals surface area (Å²) in [5.41, 5.74) is 19.7. The number of azide groups is 1. The van der Waals surface area contributed by atoms with Crippen LogP contribution in [-0.2, 0) is 4.79 Å². The third-order valence-electron chi connectivity index (χ3n) is 4.59. The lowest BCUT2D eigenvalue weighted by Gasteiger charge is -2.32. The molecule has 0 spiro atoms. The molecule has 0 saturated carbocycles. The molecule has 156 valence electrons. The van der Waals surface area contributed by atoms with Crippen molar-refractivity contribution >= 4 is 11.6 Å². The summed E-state index contributed by atoms with van der Waals surface area (Å²) in [7, 11) is 0. The standard InChI is InChI=1S/C19H17N9O3/c1-2-31-19-17-12(5-6-23-19)25-13(9-24-27-21)16(18(30)26-28-22)15(17)11-4-3-10(8-20)7-14(11)29/h3-7,15,25,29H,2,9H2,1H3,(H2,22,26,30)/t15-/m1/s1. The van der Waals surface area contributed by atoms with E-state index >= 15 is 0 Å². The summed E-state index contributed by atoms with van der Waals surface area (Å²) in [6.07, 6.45) is 1.52. The minimum Gasteiger partial charge on any atom is -0.508 e. The van der Waals surface area contributed by atoms with Gasteiger partial charge in [-0.25, -0.2) is 10.4 Å². The van der Waals surface area contributed by atoms with Crippen LogP contribution in [-0.4, -0.2) is 29.1 Å². The first-order valence-corrected chi connectivity index (χ1v) is 9.08. The lowest BCUT2D eigenvalue weighted by Crippen LogP contribution is -2.31. The summed E-state index contributed by atoms with van der Waals surface area (Å²) in [6, 6.07) is 7.91. The molecule has 0 saturated heterocycles. The Labute approximate surface area is 176 Å². The number of fused-ring (bicyclic) bond motifs is 1. The van der Waals surface area contributed by atoms with Crippen molar-refractivity contribution in [3.63, 3.8) is 0 Å². The van der Waals surface area contributed by atoms with Crippen LogP contribution in [0.1, 0.15) is 29.5 Å². The molecule has 1 aromatic heterocycles. The Kier molecular flexibility index (Phi) is 6.30. The van der Waals surface area contributed by atoms with Crippen molar-refractivity contribution in [3.8, 4) is 17.7 Å². The number of benzene rings is 1. The highest BCUT2D eigenvalue weighted by molar-refractivity contribution is 5.99. The number of amides is 1. The molecule has 0 fully saturated rings. The van der Waals surface area contributed by atoms with Crippen LogP contribution in [0.3, 0.4) is 0 Å². The summed E-state index contributed by atoms with van der Waals surface area (Å²) in [6.45, 7) is 1.88. The highest BCUT2D eigenvalue weighted by atomic mass is 16.5. The van der Waals surface area contributed by atoms with Gasteiger partial charge in [0.1, 0.15) is 5.75 Å². The maximum Gasteiger partial charge on any atom is 0.271 e. The van der Waals surface area contributed by atoms with E-state index in [1.54, 1.807) is 13.0 Å². The fourth-order valence-corrected chi connectivity index (χ4v) is 3.42. The minimum atomic E-state index is -0.912. The van der Waals surface area contributed by atoms with E-state index in [4.69, 9.17) is 21.1 Å². The summed E-state index contributed by atoms with van der Waals surface area (Å²) in [5.74, 6) is -1.64. The number of carbonyl (C=O) groups excluding carboxylic acids is 1. The number of aromatic nitrogens is 1. The van der Waals surface area contributed by atoms with Gasteiger partial charge in [-0.15, -0.1) is 0 Å². The predicted octanol–water partition coefficient (Wildman–Crippen LogP) is 3.24. The van der Waals surface area contributed by atoms with Crippen LogP contribution >= 0.6 is 0 Å². The van der Waals surface area contributed by atoms with Crippen molar-refractivity contribution in [2.75, 3.05) is 18.5 Å². The zero-order valence-electron chi connectivity index (χ0n) is 16.3. The quantitative estimate of drug-likeness (QED) is 0.230. The monoisotopic (exact) mass is 419 g/mol. The Morgan fingerprint density at radius 3 is 2.97 bits per heavy atom. The van der Waals surface area contributed by atoms with Crippen LogP contribution in [0.2, 0.25) is 0 Å². The molecule has 2 aromatic rings. The second kappa shape index (κ2) is 9.25. The molecule has 0 unspecified atom stereocenters. The maximum atomic E-state index is 12.9. The molecule has 3 rings (SSSR count). The molecule has 4 N–H and O–H groups in total. The Morgan fingerprint density at radius 1 is 1.52 bits per heavy atom. The number of pyridine rings is 1. The number of hydrogen-bond donors (Lipinski definition) is 4. The first-order valence-electron chi connectivity index (χ1n) is 9.08. The zero-order valence-corrected chi connectivity index (χ0v) is 16.3. The van der Waals surface area contributed by atoms with Crippen molar-refractivity contribution < 1.29 is 14.6 Å². The lowest BCUT2D eigenvalue weighted by molar-refractivity contribution is -0.117. The SMILES string of the molecule is CCOc1nccc2c1[C@H](c1ccc(C#N)cc1O)C(C(=O)NN=N)=C(CN=[N+]=[N-])N2. The molecule has 2 heterocycles. The van der Waals surface area contributed by atoms with Crippen LogP contribution in [0.4, 0.5) is 5.69 Å². The van der Waals surface area contributed by atoms with Gasteiger partial charge in [-0.3, -0.25) is 4.79 Å². The zero-order chi connectivity index (χ0) is 22.4. The average Bonchev–Trinajstić information content (AvgIpc) is 2.77. The Morgan fingerprint density at radius 2 is 2.32 bits per heavy atom. The van der Waals surface area contributed by atoms with Gasteiger partial charge >= 0.3 is 0 Å². The van der Waals surface area contributed by atoms with E-state index in [1.807, 2.05) is 6.07 Å². The van der Waals surface area contributed by atoms with E-state index in [1.165, 1.54) is 24.4 Å². The summed E-state index contributed by atoms with van der Waals surface area (Å²) in [4.78, 5) is 19.9. The van der Waals surface area contributed by atoms with Crippen molar-refractivity contribution in [2.24, 2.45) is 10.3 Å². The van der Waals surface area contributed by atoms with Gasteiger partial charge in [0.05, 0.1) is 41.8 Å². The number of rotatable bonds is 7. The van der Waals surface area contributed by atoms with Crippen molar-refractivity contribution in [1.82, 2.24) is 10.4 Å². The molecular formula is C19H17N9O3. The summed E-state index contributed by atoms with van der Waals surface area (Å²) >= 11 is 0. The van der Waals surface area contributed by atoms with Gasteiger partial charge in [-0.05, 0) is 30.7 Å². The van der Waals surface area contributed by atoms with Crippen molar-refractivity contribution in [3.05, 3.63) is 68.9 Å². The number of carbonyl (C=O) groups is 1. The van der Waals surface area contributed by atoms with E-state index in [0.717, 1.165) is 0 Å². The fourth-order valence-electron chi connectivity index (χ4n) is 3.42. The van der Waals surface area contributed by atoms with Crippen molar-refractivity contribution in [2.45, 2.75) is 12.8 Å². The molecule has 1 aromatic carbocycles. The smallest absolute Gasteiger partial charge is 0.271 e. The van der Waals surface area contributed by atoms with Gasteiger partial charge in [0.15, 0.2) is 0 Å². The summed E-state index contributed by atoms with van der Waals surface area (Å²) in [5, 5.41) is 29.4. The number of aromatic hydroxyl groups is 1. The first kappa shape index (κ1) is 21.1. The van der Waals surface area contributed by atoms with Crippen LogP contribution in [0.25, 0.3) is 10.4 Å². The van der Waals surface area contributed by atoms with Gasteiger partial charge in [0.25, 0.3) is 5.91 Å². The lowest BCUT2D eigenvalue weighted by atomic mass is 9.80. The third kappa shape index (κ3) is 4.07. The van der Waals surface area contributed by atoms with Crippen LogP contribution in [0.5, 0.6) is 11.6 Å². The highest BCUT2D eigenvalue weighted by Gasteiger charge is 2.37. The number of hydrogen-bond acceptors (Lipinski definition) is 9. The number of anilines is 1. The predicted molar refractivity (Wildman–Crippen MR) is 108 cm³/mol. The maximum absolute atomic E-state index is 12.9. The average molecular weight is 419 g/mol. The number of phenolic OH excluding ortho intramolecular Hbond substituents is 1. The van der Waals surface area contributed by atoms with E-state index in [-0.39, 0.29) is 35.0 Å². The molecule has 31 heavy (non-hydrogen) atoms.